The molecule has 130 valence electrons. The predicted molar refractivity (Wildman–Crippen MR) is 92.4 cm³/mol. The molecule has 2 rings (SSSR count). The van der Waals surface area contributed by atoms with Gasteiger partial charge < -0.3 is 20.6 Å². The van der Waals surface area contributed by atoms with Crippen molar-refractivity contribution in [3.8, 4) is 17.1 Å². The molecule has 2 aromatic rings. The summed E-state index contributed by atoms with van der Waals surface area (Å²) < 4.78 is 11.4. The van der Waals surface area contributed by atoms with Crippen LogP contribution in [0.25, 0.3) is 11.4 Å². The summed E-state index contributed by atoms with van der Waals surface area (Å²) in [4.78, 5) is 12.0. The molecule has 1 amide bonds. The molecule has 0 aliphatic carbocycles. The first-order valence-electron chi connectivity index (χ1n) is 7.35. The summed E-state index contributed by atoms with van der Waals surface area (Å²) in [5.74, 6) is 7.23. The molecule has 0 spiro atoms. The van der Waals surface area contributed by atoms with Gasteiger partial charge in [-0.2, -0.15) is 0 Å². The van der Waals surface area contributed by atoms with E-state index in [1.165, 1.54) is 16.4 Å². The Balaban J connectivity index is 2.04. The van der Waals surface area contributed by atoms with Gasteiger partial charge in [0.05, 0.1) is 19.0 Å². The Hall–Kier alpha value is -2.26. The fourth-order valence-electron chi connectivity index (χ4n) is 1.93. The van der Waals surface area contributed by atoms with E-state index in [0.29, 0.717) is 24.1 Å². The minimum Gasteiger partial charge on any atom is -0.497 e. The van der Waals surface area contributed by atoms with Crippen LogP contribution in [0.4, 0.5) is 0 Å². The highest BCUT2D eigenvalue weighted by atomic mass is 32.2. The van der Waals surface area contributed by atoms with Crippen LogP contribution in [0.3, 0.4) is 0 Å². The number of thioether (sulfide) groups is 1. The van der Waals surface area contributed by atoms with Crippen LogP contribution >= 0.6 is 11.8 Å². The number of aromatic nitrogens is 3. The largest absolute Gasteiger partial charge is 0.497 e. The summed E-state index contributed by atoms with van der Waals surface area (Å²) in [5, 5.41) is 11.1. The summed E-state index contributed by atoms with van der Waals surface area (Å²) in [6.45, 7) is 2.72. The Kier molecular flexibility index (Phi) is 6.44. The number of nitrogens with two attached hydrogens (primary N) is 1. The predicted octanol–water partition coefficient (Wildman–Crippen LogP) is 0.911. The molecular weight excluding hydrogens is 330 g/mol. The lowest BCUT2D eigenvalue weighted by atomic mass is 10.2. The minimum atomic E-state index is -0.350. The van der Waals surface area contributed by atoms with Crippen molar-refractivity contribution in [2.24, 2.45) is 0 Å². The summed E-state index contributed by atoms with van der Waals surface area (Å²) in [6.07, 6.45) is 0. The molecule has 9 heteroatoms. The van der Waals surface area contributed by atoms with Crippen molar-refractivity contribution in [1.82, 2.24) is 20.2 Å². The summed E-state index contributed by atoms with van der Waals surface area (Å²) in [7, 11) is 3.19. The Morgan fingerprint density at radius 1 is 1.33 bits per heavy atom. The standard InChI is InChI=1S/C15H21N5O3S/c1-10(14(21)17-8-9-22-2)24-15-19-18-13(20(15)16)11-4-6-12(23-3)7-5-11/h4-7,10H,8-9,16H2,1-3H3,(H,17,21)/t10-/m0/s1. The van der Waals surface area contributed by atoms with Gasteiger partial charge in [0.1, 0.15) is 5.75 Å². The third-order valence-electron chi connectivity index (χ3n) is 3.27. The van der Waals surface area contributed by atoms with Crippen molar-refractivity contribution >= 4 is 17.7 Å². The number of methoxy groups -OCH3 is 2. The quantitative estimate of drug-likeness (QED) is 0.414. The second-order valence-corrected chi connectivity index (χ2v) is 6.26. The topological polar surface area (TPSA) is 104 Å². The number of hydrogen-bond donors (Lipinski definition) is 2. The van der Waals surface area contributed by atoms with E-state index in [1.807, 2.05) is 24.3 Å². The Morgan fingerprint density at radius 3 is 2.67 bits per heavy atom. The lowest BCUT2D eigenvalue weighted by Crippen LogP contribution is -2.33. The molecule has 1 aromatic heterocycles. The molecule has 0 saturated heterocycles. The van der Waals surface area contributed by atoms with E-state index >= 15 is 0 Å². The van der Waals surface area contributed by atoms with Crippen molar-refractivity contribution in [3.05, 3.63) is 24.3 Å². The number of nitrogens with one attached hydrogen (secondary N) is 1. The van der Waals surface area contributed by atoms with Crippen molar-refractivity contribution in [1.29, 1.82) is 0 Å². The monoisotopic (exact) mass is 351 g/mol. The zero-order valence-corrected chi connectivity index (χ0v) is 14.7. The molecule has 1 heterocycles. The Labute approximate surface area is 144 Å². The molecule has 8 nitrogen and oxygen atoms in total. The fourth-order valence-corrected chi connectivity index (χ4v) is 2.72. The van der Waals surface area contributed by atoms with Gasteiger partial charge in [0.15, 0.2) is 5.82 Å². The number of amides is 1. The average molecular weight is 351 g/mol. The third-order valence-corrected chi connectivity index (χ3v) is 4.33. The number of nitrogens with zero attached hydrogens (tertiary/aromatic N) is 3. The molecular formula is C15H21N5O3S. The van der Waals surface area contributed by atoms with Crippen LogP contribution in [0.2, 0.25) is 0 Å². The highest BCUT2D eigenvalue weighted by Crippen LogP contribution is 2.25. The van der Waals surface area contributed by atoms with Gasteiger partial charge in [-0.15, -0.1) is 10.2 Å². The maximum atomic E-state index is 12.0. The lowest BCUT2D eigenvalue weighted by Gasteiger charge is -2.11. The van der Waals surface area contributed by atoms with Gasteiger partial charge in [-0.3, -0.25) is 4.79 Å². The molecule has 1 atom stereocenters. The lowest BCUT2D eigenvalue weighted by molar-refractivity contribution is -0.120. The first-order chi connectivity index (χ1) is 11.6. The van der Waals surface area contributed by atoms with Crippen LogP contribution in [-0.2, 0) is 9.53 Å². The first kappa shape index (κ1) is 18.1. The van der Waals surface area contributed by atoms with Gasteiger partial charge in [0.2, 0.25) is 11.1 Å². The van der Waals surface area contributed by atoms with Crippen LogP contribution in [0, 0.1) is 0 Å². The maximum Gasteiger partial charge on any atom is 0.233 e. The average Bonchev–Trinajstić information content (AvgIpc) is 2.95. The van der Waals surface area contributed by atoms with Gasteiger partial charge in [0.25, 0.3) is 0 Å². The summed E-state index contributed by atoms with van der Waals surface area (Å²) in [6, 6.07) is 7.34. The number of ether oxygens (including phenoxy) is 2. The van der Waals surface area contributed by atoms with Crippen LogP contribution < -0.4 is 15.9 Å². The van der Waals surface area contributed by atoms with Gasteiger partial charge in [-0.25, -0.2) is 4.68 Å². The van der Waals surface area contributed by atoms with E-state index in [1.54, 1.807) is 21.1 Å². The van der Waals surface area contributed by atoms with Crippen LogP contribution in [0.1, 0.15) is 6.92 Å². The molecule has 3 N–H and O–H groups in total. The number of benzene rings is 1. The number of hydrogen-bond acceptors (Lipinski definition) is 7. The highest BCUT2D eigenvalue weighted by molar-refractivity contribution is 8.00. The molecule has 24 heavy (non-hydrogen) atoms. The summed E-state index contributed by atoms with van der Waals surface area (Å²) >= 11 is 1.25. The van der Waals surface area contributed by atoms with E-state index in [0.717, 1.165) is 11.3 Å². The number of rotatable bonds is 8. The smallest absolute Gasteiger partial charge is 0.233 e. The van der Waals surface area contributed by atoms with Crippen LogP contribution in [0.15, 0.2) is 29.4 Å². The van der Waals surface area contributed by atoms with Crippen molar-refractivity contribution in [2.45, 2.75) is 17.3 Å². The van der Waals surface area contributed by atoms with E-state index in [4.69, 9.17) is 15.3 Å². The number of nitrogen functional groups attached to an aromatic ring is 1. The van der Waals surface area contributed by atoms with Gasteiger partial charge >= 0.3 is 0 Å². The van der Waals surface area contributed by atoms with E-state index in [9.17, 15) is 4.79 Å². The van der Waals surface area contributed by atoms with Crippen LogP contribution in [-0.4, -0.2) is 53.4 Å². The third kappa shape index (κ3) is 4.39. The normalized spacial score (nSPS) is 12.0. The Bertz CT molecular complexity index is 674. The van der Waals surface area contributed by atoms with Crippen molar-refractivity contribution in [2.75, 3.05) is 33.2 Å². The molecule has 0 fully saturated rings. The number of carbonyl (C=O) groups is 1. The Morgan fingerprint density at radius 2 is 2.04 bits per heavy atom. The van der Waals surface area contributed by atoms with E-state index in [-0.39, 0.29) is 11.2 Å². The second kappa shape index (κ2) is 8.55. The van der Waals surface area contributed by atoms with Crippen molar-refractivity contribution in [3.63, 3.8) is 0 Å². The number of carbonyl (C=O) groups excluding carboxylic acids is 1. The van der Waals surface area contributed by atoms with E-state index < -0.39 is 0 Å². The van der Waals surface area contributed by atoms with Crippen LogP contribution in [0.5, 0.6) is 5.75 Å². The molecule has 0 radical (unpaired) electrons. The summed E-state index contributed by atoms with van der Waals surface area (Å²) in [5.41, 5.74) is 0.815. The minimum absolute atomic E-state index is 0.106. The highest BCUT2D eigenvalue weighted by Gasteiger charge is 2.19. The molecule has 0 bridgehead atoms. The van der Waals surface area contributed by atoms with E-state index in [2.05, 4.69) is 15.5 Å². The van der Waals surface area contributed by atoms with Gasteiger partial charge in [-0.05, 0) is 31.2 Å². The first-order valence-corrected chi connectivity index (χ1v) is 8.23. The van der Waals surface area contributed by atoms with Gasteiger partial charge in [-0.1, -0.05) is 11.8 Å². The van der Waals surface area contributed by atoms with Gasteiger partial charge in [0, 0.05) is 19.2 Å². The zero-order valence-electron chi connectivity index (χ0n) is 13.9. The zero-order chi connectivity index (χ0) is 17.5. The molecule has 0 unspecified atom stereocenters. The molecule has 0 aliphatic heterocycles. The fraction of sp³-hybridized carbons (Fsp3) is 0.400. The van der Waals surface area contributed by atoms with Crippen molar-refractivity contribution < 1.29 is 14.3 Å². The second-order valence-electron chi connectivity index (χ2n) is 4.95. The SMILES string of the molecule is COCCNC(=O)[C@H](C)Sc1nnc(-c2ccc(OC)cc2)n1N. The molecule has 0 saturated carbocycles. The maximum absolute atomic E-state index is 12.0. The molecule has 0 aliphatic rings. The molecule has 1 aromatic carbocycles.